The Balaban J connectivity index is 1.70. The summed E-state index contributed by atoms with van der Waals surface area (Å²) < 4.78 is 14.0. The van der Waals surface area contributed by atoms with E-state index in [1.165, 1.54) is 12.3 Å². The standard InChI is InChI=1S/C17H18FN3OS/c1-12-10-20-15(11-19-12)17(22)21-7-6-16(23-9-8-21)13-4-2-3-5-14(13)18/h2-5,10-11,16H,6-9H2,1H3. The minimum absolute atomic E-state index is 0.0816. The van der Waals surface area contributed by atoms with Crippen LogP contribution in [0.1, 0.15) is 33.4 Å². The lowest BCUT2D eigenvalue weighted by atomic mass is 10.1. The molecular weight excluding hydrogens is 313 g/mol. The summed E-state index contributed by atoms with van der Waals surface area (Å²) >= 11 is 1.70. The Morgan fingerprint density at radius 2 is 2.09 bits per heavy atom. The molecular formula is C17H18FN3OS. The number of hydrogen-bond donors (Lipinski definition) is 0. The molecule has 0 saturated carbocycles. The predicted molar refractivity (Wildman–Crippen MR) is 88.9 cm³/mol. The van der Waals surface area contributed by atoms with Crippen molar-refractivity contribution in [1.82, 2.24) is 14.9 Å². The molecule has 1 unspecified atom stereocenters. The van der Waals surface area contributed by atoms with Gasteiger partial charge in [-0.3, -0.25) is 9.78 Å². The number of carbonyl (C=O) groups excluding carboxylic acids is 1. The lowest BCUT2D eigenvalue weighted by molar-refractivity contribution is 0.0760. The second kappa shape index (κ2) is 7.08. The quantitative estimate of drug-likeness (QED) is 0.847. The Bertz CT molecular complexity index is 692. The van der Waals surface area contributed by atoms with Crippen molar-refractivity contribution in [1.29, 1.82) is 0 Å². The van der Waals surface area contributed by atoms with Crippen molar-refractivity contribution in [3.05, 3.63) is 59.4 Å². The summed E-state index contributed by atoms with van der Waals surface area (Å²) in [4.78, 5) is 22.6. The average Bonchev–Trinajstić information content (AvgIpc) is 2.81. The predicted octanol–water partition coefficient (Wildman–Crippen LogP) is 3.24. The Morgan fingerprint density at radius 1 is 1.26 bits per heavy atom. The highest BCUT2D eigenvalue weighted by molar-refractivity contribution is 7.99. The zero-order valence-electron chi connectivity index (χ0n) is 12.9. The summed E-state index contributed by atoms with van der Waals surface area (Å²) in [7, 11) is 0. The minimum Gasteiger partial charge on any atom is -0.336 e. The smallest absolute Gasteiger partial charge is 0.274 e. The van der Waals surface area contributed by atoms with Gasteiger partial charge in [0.25, 0.3) is 5.91 Å². The fourth-order valence-corrected chi connectivity index (χ4v) is 3.88. The summed E-state index contributed by atoms with van der Waals surface area (Å²) in [6, 6.07) is 6.88. The molecule has 2 aromatic rings. The molecule has 6 heteroatoms. The molecule has 4 nitrogen and oxygen atoms in total. The van der Waals surface area contributed by atoms with Crippen LogP contribution in [0.25, 0.3) is 0 Å². The number of carbonyl (C=O) groups is 1. The monoisotopic (exact) mass is 331 g/mol. The number of aromatic nitrogens is 2. The molecule has 0 bridgehead atoms. The first-order chi connectivity index (χ1) is 11.1. The Labute approximate surface area is 139 Å². The number of hydrogen-bond acceptors (Lipinski definition) is 4. The maximum Gasteiger partial charge on any atom is 0.274 e. The molecule has 120 valence electrons. The van der Waals surface area contributed by atoms with Gasteiger partial charge in [0, 0.05) is 35.9 Å². The fourth-order valence-electron chi connectivity index (χ4n) is 2.62. The van der Waals surface area contributed by atoms with E-state index in [-0.39, 0.29) is 17.0 Å². The zero-order chi connectivity index (χ0) is 16.2. The van der Waals surface area contributed by atoms with Crippen LogP contribution in [0, 0.1) is 12.7 Å². The van der Waals surface area contributed by atoms with E-state index in [2.05, 4.69) is 9.97 Å². The lowest BCUT2D eigenvalue weighted by Gasteiger charge is -2.19. The van der Waals surface area contributed by atoms with Gasteiger partial charge in [-0.1, -0.05) is 18.2 Å². The topological polar surface area (TPSA) is 46.1 Å². The van der Waals surface area contributed by atoms with Crippen molar-refractivity contribution < 1.29 is 9.18 Å². The molecule has 3 rings (SSSR count). The van der Waals surface area contributed by atoms with Gasteiger partial charge in [-0.15, -0.1) is 0 Å². The highest BCUT2D eigenvalue weighted by Gasteiger charge is 2.25. The average molecular weight is 331 g/mol. The summed E-state index contributed by atoms with van der Waals surface area (Å²) in [5, 5.41) is 0.0816. The van der Waals surface area contributed by atoms with Crippen molar-refractivity contribution in [3.8, 4) is 0 Å². The van der Waals surface area contributed by atoms with Crippen LogP contribution in [0.4, 0.5) is 4.39 Å². The zero-order valence-corrected chi connectivity index (χ0v) is 13.7. The number of thioether (sulfide) groups is 1. The number of aryl methyl sites for hydroxylation is 1. The normalized spacial score (nSPS) is 18.5. The van der Waals surface area contributed by atoms with Gasteiger partial charge in [-0.25, -0.2) is 9.37 Å². The van der Waals surface area contributed by atoms with Crippen LogP contribution < -0.4 is 0 Å². The van der Waals surface area contributed by atoms with Crippen molar-refractivity contribution in [2.45, 2.75) is 18.6 Å². The second-order valence-electron chi connectivity index (χ2n) is 5.50. The maximum atomic E-state index is 14.0. The van der Waals surface area contributed by atoms with Crippen LogP contribution in [0.15, 0.2) is 36.7 Å². The molecule has 1 saturated heterocycles. The molecule has 1 aliphatic heterocycles. The van der Waals surface area contributed by atoms with Crippen LogP contribution in [0.3, 0.4) is 0 Å². The van der Waals surface area contributed by atoms with Gasteiger partial charge in [0.2, 0.25) is 0 Å². The number of benzene rings is 1. The van der Waals surface area contributed by atoms with Gasteiger partial charge >= 0.3 is 0 Å². The highest BCUT2D eigenvalue weighted by atomic mass is 32.2. The van der Waals surface area contributed by atoms with Gasteiger partial charge < -0.3 is 4.90 Å². The van der Waals surface area contributed by atoms with E-state index in [0.29, 0.717) is 18.8 Å². The van der Waals surface area contributed by atoms with Gasteiger partial charge in [0.05, 0.1) is 11.9 Å². The summed E-state index contributed by atoms with van der Waals surface area (Å²) in [6.45, 7) is 3.08. The van der Waals surface area contributed by atoms with E-state index in [1.807, 2.05) is 19.1 Å². The number of amides is 1. The Kier molecular flexibility index (Phi) is 4.91. The van der Waals surface area contributed by atoms with Crippen molar-refractivity contribution >= 4 is 17.7 Å². The van der Waals surface area contributed by atoms with Crippen molar-refractivity contribution in [2.24, 2.45) is 0 Å². The Morgan fingerprint density at radius 3 is 2.83 bits per heavy atom. The molecule has 1 atom stereocenters. The maximum absolute atomic E-state index is 14.0. The van der Waals surface area contributed by atoms with E-state index < -0.39 is 0 Å². The number of nitrogens with zero attached hydrogens (tertiary/aromatic N) is 3. The van der Waals surface area contributed by atoms with E-state index in [9.17, 15) is 9.18 Å². The van der Waals surface area contributed by atoms with Crippen LogP contribution in [-0.2, 0) is 0 Å². The third-order valence-electron chi connectivity index (χ3n) is 3.88. The Hall–Kier alpha value is -1.95. The van der Waals surface area contributed by atoms with Crippen LogP contribution >= 0.6 is 11.8 Å². The van der Waals surface area contributed by atoms with Crippen LogP contribution in [0.2, 0.25) is 0 Å². The van der Waals surface area contributed by atoms with Gasteiger partial charge in [-0.05, 0) is 19.4 Å². The van der Waals surface area contributed by atoms with E-state index in [4.69, 9.17) is 0 Å². The second-order valence-corrected chi connectivity index (χ2v) is 6.82. The summed E-state index contributed by atoms with van der Waals surface area (Å²) in [5.74, 6) is 0.505. The molecule has 1 aromatic carbocycles. The minimum atomic E-state index is -0.172. The first-order valence-corrected chi connectivity index (χ1v) is 8.64. The van der Waals surface area contributed by atoms with Gasteiger partial charge in [0.1, 0.15) is 11.5 Å². The summed E-state index contributed by atoms with van der Waals surface area (Å²) in [6.07, 6.45) is 3.85. The third-order valence-corrected chi connectivity index (χ3v) is 5.19. The fraction of sp³-hybridized carbons (Fsp3) is 0.353. The molecule has 1 amide bonds. The van der Waals surface area contributed by atoms with E-state index >= 15 is 0 Å². The van der Waals surface area contributed by atoms with E-state index in [0.717, 1.165) is 23.4 Å². The molecule has 0 N–H and O–H groups in total. The molecule has 1 aromatic heterocycles. The molecule has 0 aliphatic carbocycles. The van der Waals surface area contributed by atoms with Crippen molar-refractivity contribution in [3.63, 3.8) is 0 Å². The highest BCUT2D eigenvalue weighted by Crippen LogP contribution is 2.35. The largest absolute Gasteiger partial charge is 0.336 e. The van der Waals surface area contributed by atoms with Crippen LogP contribution in [-0.4, -0.2) is 39.6 Å². The molecule has 1 fully saturated rings. The molecule has 0 radical (unpaired) electrons. The summed E-state index contributed by atoms with van der Waals surface area (Å²) in [5.41, 5.74) is 1.87. The lowest BCUT2D eigenvalue weighted by Crippen LogP contribution is -2.33. The van der Waals surface area contributed by atoms with Crippen LogP contribution in [0.5, 0.6) is 0 Å². The number of halogens is 1. The third kappa shape index (κ3) is 3.69. The van der Waals surface area contributed by atoms with Crippen molar-refractivity contribution in [2.75, 3.05) is 18.8 Å². The first-order valence-electron chi connectivity index (χ1n) is 7.59. The van der Waals surface area contributed by atoms with E-state index in [1.54, 1.807) is 28.9 Å². The molecule has 1 aliphatic rings. The first kappa shape index (κ1) is 15.9. The number of rotatable bonds is 2. The molecule has 23 heavy (non-hydrogen) atoms. The molecule has 0 spiro atoms. The molecule has 2 heterocycles. The van der Waals surface area contributed by atoms with Gasteiger partial charge in [-0.2, -0.15) is 11.8 Å². The SMILES string of the molecule is Cc1cnc(C(=O)N2CCSC(c3ccccc3F)CC2)cn1. The van der Waals surface area contributed by atoms with Gasteiger partial charge in [0.15, 0.2) is 0 Å².